The van der Waals surface area contributed by atoms with E-state index in [1.807, 2.05) is 13.0 Å². The number of carbonyl (C=O) groups excluding carboxylic acids is 1. The normalized spacial score (nSPS) is 12.0. The summed E-state index contributed by atoms with van der Waals surface area (Å²) in [6, 6.07) is 6.62. The topological polar surface area (TPSA) is 67.2 Å². The molecule has 2 aromatic heterocycles. The van der Waals surface area contributed by atoms with Gasteiger partial charge >= 0.3 is 0 Å². The Balaban J connectivity index is 2.09. The van der Waals surface area contributed by atoms with Crippen molar-refractivity contribution in [2.24, 2.45) is 0 Å². The molecule has 2 aromatic rings. The zero-order valence-electron chi connectivity index (χ0n) is 12.0. The summed E-state index contributed by atoms with van der Waals surface area (Å²) in [7, 11) is 0. The van der Waals surface area contributed by atoms with E-state index in [4.69, 9.17) is 16.0 Å². The predicted molar refractivity (Wildman–Crippen MR) is 82.6 cm³/mol. The highest BCUT2D eigenvalue weighted by molar-refractivity contribution is 6.29. The van der Waals surface area contributed by atoms with Crippen molar-refractivity contribution in [3.8, 4) is 0 Å². The minimum atomic E-state index is -0.220. The van der Waals surface area contributed by atoms with Gasteiger partial charge in [-0.25, -0.2) is 4.98 Å². The van der Waals surface area contributed by atoms with Gasteiger partial charge in [-0.1, -0.05) is 18.5 Å². The number of nitrogens with one attached hydrogen (secondary N) is 2. The summed E-state index contributed by atoms with van der Waals surface area (Å²) in [6.45, 7) is 4.68. The summed E-state index contributed by atoms with van der Waals surface area (Å²) in [5.74, 6) is 1.08. The van der Waals surface area contributed by atoms with Crippen molar-refractivity contribution >= 4 is 23.3 Å². The Morgan fingerprint density at radius 1 is 1.48 bits per heavy atom. The number of amides is 1. The zero-order chi connectivity index (χ0) is 15.2. The number of hydrogen-bond donors (Lipinski definition) is 2. The van der Waals surface area contributed by atoms with Crippen LogP contribution in [0.15, 0.2) is 34.9 Å². The quantitative estimate of drug-likeness (QED) is 0.800. The molecule has 0 saturated carbocycles. The van der Waals surface area contributed by atoms with Gasteiger partial charge in [0, 0.05) is 12.1 Å². The Hall–Kier alpha value is -2.01. The van der Waals surface area contributed by atoms with E-state index in [2.05, 4.69) is 22.5 Å². The lowest BCUT2D eigenvalue weighted by molar-refractivity contribution is 0.0935. The molecule has 2 N–H and O–H groups in total. The molecular formula is C15H18ClN3O2. The number of hydrogen-bond acceptors (Lipinski definition) is 4. The van der Waals surface area contributed by atoms with Gasteiger partial charge in [0.2, 0.25) is 0 Å². The molecule has 0 aliphatic carbocycles. The average Bonchev–Trinajstić information content (AvgIpc) is 2.98. The number of anilines is 1. The molecule has 6 heteroatoms. The molecule has 2 heterocycles. The van der Waals surface area contributed by atoms with Crippen LogP contribution in [0.1, 0.15) is 42.4 Å². The fourth-order valence-electron chi connectivity index (χ4n) is 1.86. The summed E-state index contributed by atoms with van der Waals surface area (Å²) in [5.41, 5.74) is 0.465. The number of furan rings is 1. The predicted octanol–water partition coefficient (Wildman–Crippen LogP) is 3.64. The van der Waals surface area contributed by atoms with E-state index in [0.29, 0.717) is 17.1 Å². The summed E-state index contributed by atoms with van der Waals surface area (Å²) in [6.07, 6.45) is 2.54. The van der Waals surface area contributed by atoms with Gasteiger partial charge in [-0.05, 0) is 37.6 Å². The number of nitrogens with zero attached hydrogens (tertiary/aromatic N) is 1. The summed E-state index contributed by atoms with van der Waals surface area (Å²) in [5, 5.41) is 6.26. The lowest BCUT2D eigenvalue weighted by Gasteiger charge is -2.12. The highest BCUT2D eigenvalue weighted by atomic mass is 35.5. The van der Waals surface area contributed by atoms with E-state index in [1.165, 1.54) is 0 Å². The van der Waals surface area contributed by atoms with Crippen molar-refractivity contribution in [1.82, 2.24) is 10.3 Å². The average molecular weight is 308 g/mol. The number of aromatic nitrogens is 1. The molecule has 1 unspecified atom stereocenters. The van der Waals surface area contributed by atoms with Crippen LogP contribution < -0.4 is 10.6 Å². The van der Waals surface area contributed by atoms with Crippen molar-refractivity contribution in [2.75, 3.05) is 11.9 Å². The monoisotopic (exact) mass is 307 g/mol. The minimum absolute atomic E-state index is 0.216. The molecule has 0 aromatic carbocycles. The molecule has 1 atom stereocenters. The second-order valence-corrected chi connectivity index (χ2v) is 5.09. The summed E-state index contributed by atoms with van der Waals surface area (Å²) >= 11 is 5.96. The third-order valence-electron chi connectivity index (χ3n) is 2.93. The maximum Gasteiger partial charge on any atom is 0.252 e. The SMILES string of the molecule is CCCNc1cc(C(=O)NC(C)c2ccco2)cc(Cl)n1. The van der Waals surface area contributed by atoms with Crippen LogP contribution in [0.4, 0.5) is 5.82 Å². The zero-order valence-corrected chi connectivity index (χ0v) is 12.8. The van der Waals surface area contributed by atoms with Gasteiger partial charge in [0.05, 0.1) is 12.3 Å². The van der Waals surface area contributed by atoms with Crippen molar-refractivity contribution in [3.63, 3.8) is 0 Å². The number of rotatable bonds is 6. The molecule has 0 bridgehead atoms. The van der Waals surface area contributed by atoms with Crippen molar-refractivity contribution in [3.05, 3.63) is 47.0 Å². The van der Waals surface area contributed by atoms with E-state index in [9.17, 15) is 4.79 Å². The highest BCUT2D eigenvalue weighted by Gasteiger charge is 2.14. The van der Waals surface area contributed by atoms with Gasteiger partial charge in [0.1, 0.15) is 16.7 Å². The third-order valence-corrected chi connectivity index (χ3v) is 3.12. The largest absolute Gasteiger partial charge is 0.467 e. The second-order valence-electron chi connectivity index (χ2n) is 4.70. The number of carbonyl (C=O) groups is 1. The van der Waals surface area contributed by atoms with Crippen molar-refractivity contribution in [1.29, 1.82) is 0 Å². The first kappa shape index (κ1) is 15.4. The van der Waals surface area contributed by atoms with Crippen LogP contribution in [0.5, 0.6) is 0 Å². The fraction of sp³-hybridized carbons (Fsp3) is 0.333. The molecule has 0 aliphatic heterocycles. The van der Waals surface area contributed by atoms with Crippen LogP contribution in [0.3, 0.4) is 0 Å². The molecule has 2 rings (SSSR count). The Labute approximate surface area is 128 Å². The molecule has 5 nitrogen and oxygen atoms in total. The summed E-state index contributed by atoms with van der Waals surface area (Å²) in [4.78, 5) is 16.4. The first-order valence-electron chi connectivity index (χ1n) is 6.86. The van der Waals surface area contributed by atoms with E-state index >= 15 is 0 Å². The van der Waals surface area contributed by atoms with Gasteiger partial charge in [-0.3, -0.25) is 4.79 Å². The van der Waals surface area contributed by atoms with Crippen LogP contribution in [-0.4, -0.2) is 17.4 Å². The molecule has 0 saturated heterocycles. The molecular weight excluding hydrogens is 290 g/mol. The van der Waals surface area contributed by atoms with Crippen LogP contribution in [0, 0.1) is 0 Å². The van der Waals surface area contributed by atoms with Crippen molar-refractivity contribution in [2.45, 2.75) is 26.3 Å². The van der Waals surface area contributed by atoms with Gasteiger partial charge in [0.25, 0.3) is 5.91 Å². The van der Waals surface area contributed by atoms with E-state index < -0.39 is 0 Å². The highest BCUT2D eigenvalue weighted by Crippen LogP contribution is 2.17. The molecule has 0 spiro atoms. The maximum absolute atomic E-state index is 12.3. The third kappa shape index (κ3) is 4.23. The van der Waals surface area contributed by atoms with E-state index in [0.717, 1.165) is 13.0 Å². The van der Waals surface area contributed by atoms with Crippen LogP contribution >= 0.6 is 11.6 Å². The Bertz CT molecular complexity index is 599. The smallest absolute Gasteiger partial charge is 0.252 e. The standard InChI is InChI=1S/C15H18ClN3O2/c1-3-6-17-14-9-11(8-13(16)19-14)15(20)18-10(2)12-5-4-7-21-12/h4-5,7-10H,3,6H2,1-2H3,(H,17,19)(H,18,20). The van der Waals surface area contributed by atoms with Crippen LogP contribution in [0.25, 0.3) is 0 Å². The first-order chi connectivity index (χ1) is 10.1. The van der Waals surface area contributed by atoms with Crippen LogP contribution in [-0.2, 0) is 0 Å². The maximum atomic E-state index is 12.3. The molecule has 0 aliphatic rings. The lowest BCUT2D eigenvalue weighted by Crippen LogP contribution is -2.26. The Morgan fingerprint density at radius 3 is 2.95 bits per heavy atom. The van der Waals surface area contributed by atoms with Crippen LogP contribution in [0.2, 0.25) is 5.15 Å². The van der Waals surface area contributed by atoms with Gasteiger partial charge in [-0.15, -0.1) is 0 Å². The van der Waals surface area contributed by atoms with E-state index in [1.54, 1.807) is 24.5 Å². The Morgan fingerprint density at radius 2 is 2.29 bits per heavy atom. The lowest BCUT2D eigenvalue weighted by atomic mass is 10.2. The fourth-order valence-corrected chi connectivity index (χ4v) is 2.07. The van der Waals surface area contributed by atoms with E-state index in [-0.39, 0.29) is 17.1 Å². The van der Waals surface area contributed by atoms with Gasteiger partial charge in [0.15, 0.2) is 0 Å². The number of pyridine rings is 1. The minimum Gasteiger partial charge on any atom is -0.467 e. The summed E-state index contributed by atoms with van der Waals surface area (Å²) < 4.78 is 5.27. The first-order valence-corrected chi connectivity index (χ1v) is 7.23. The Kier molecular flexibility index (Phi) is 5.22. The van der Waals surface area contributed by atoms with Gasteiger partial charge in [-0.2, -0.15) is 0 Å². The number of halogens is 1. The second kappa shape index (κ2) is 7.13. The molecule has 0 radical (unpaired) electrons. The molecule has 0 fully saturated rings. The van der Waals surface area contributed by atoms with Crippen molar-refractivity contribution < 1.29 is 9.21 Å². The molecule has 21 heavy (non-hydrogen) atoms. The molecule has 112 valence electrons. The van der Waals surface area contributed by atoms with Gasteiger partial charge < -0.3 is 15.1 Å². The molecule has 1 amide bonds.